The van der Waals surface area contributed by atoms with Gasteiger partial charge in [-0.05, 0) is 38.3 Å². The molecule has 0 aliphatic carbocycles. The quantitative estimate of drug-likeness (QED) is 0.715. The van der Waals surface area contributed by atoms with Crippen LogP contribution in [0.1, 0.15) is 47.5 Å². The third-order valence-corrected chi connectivity index (χ3v) is 3.68. The molecule has 1 aliphatic heterocycles. The molecule has 0 aromatic rings. The average molecular weight is 211 g/mol. The van der Waals surface area contributed by atoms with Crippen LogP contribution in [0.5, 0.6) is 0 Å². The molecule has 0 aromatic heterocycles. The van der Waals surface area contributed by atoms with Gasteiger partial charge in [0, 0.05) is 5.92 Å². The summed E-state index contributed by atoms with van der Waals surface area (Å²) >= 11 is 0. The van der Waals surface area contributed by atoms with E-state index in [9.17, 15) is 4.79 Å². The summed E-state index contributed by atoms with van der Waals surface area (Å²) in [5.41, 5.74) is 0.469. The highest BCUT2D eigenvalue weighted by Crippen LogP contribution is 2.30. The summed E-state index contributed by atoms with van der Waals surface area (Å²) < 4.78 is 0. The van der Waals surface area contributed by atoms with Crippen molar-refractivity contribution in [1.29, 1.82) is 0 Å². The summed E-state index contributed by atoms with van der Waals surface area (Å²) in [5, 5.41) is 0. The molecule has 1 atom stereocenters. The van der Waals surface area contributed by atoms with Crippen LogP contribution in [0.15, 0.2) is 0 Å². The molecule has 1 rings (SSSR count). The van der Waals surface area contributed by atoms with E-state index < -0.39 is 0 Å². The van der Waals surface area contributed by atoms with Gasteiger partial charge in [0.1, 0.15) is 0 Å². The number of hydrogen-bond acceptors (Lipinski definition) is 2. The number of rotatable bonds is 3. The predicted octanol–water partition coefficient (Wildman–Crippen LogP) is 2.72. The summed E-state index contributed by atoms with van der Waals surface area (Å²) in [6, 6.07) is 0.112. The van der Waals surface area contributed by atoms with E-state index >= 15 is 0 Å². The van der Waals surface area contributed by atoms with Crippen molar-refractivity contribution in [1.82, 2.24) is 4.90 Å². The van der Waals surface area contributed by atoms with Gasteiger partial charge in [-0.1, -0.05) is 27.7 Å². The minimum Gasteiger partial charge on any atom is -0.298 e. The highest BCUT2D eigenvalue weighted by Gasteiger charge is 2.30. The molecule has 0 radical (unpaired) electrons. The van der Waals surface area contributed by atoms with Crippen molar-refractivity contribution in [2.75, 3.05) is 13.1 Å². The van der Waals surface area contributed by atoms with Crippen molar-refractivity contribution in [2.45, 2.75) is 53.5 Å². The Labute approximate surface area is 94.0 Å². The lowest BCUT2D eigenvalue weighted by atomic mass is 9.82. The van der Waals surface area contributed by atoms with E-state index in [4.69, 9.17) is 0 Å². The van der Waals surface area contributed by atoms with Crippen molar-refractivity contribution < 1.29 is 4.79 Å². The van der Waals surface area contributed by atoms with Gasteiger partial charge < -0.3 is 0 Å². The SMILES string of the molecule is CC(C)C(=O)C(C)N1CCC(C)(C)CC1. The monoisotopic (exact) mass is 211 g/mol. The van der Waals surface area contributed by atoms with Crippen molar-refractivity contribution in [3.05, 3.63) is 0 Å². The first-order valence-corrected chi connectivity index (χ1v) is 6.11. The lowest BCUT2D eigenvalue weighted by Gasteiger charge is -2.39. The average Bonchev–Trinajstić information content (AvgIpc) is 2.15. The second-order valence-electron chi connectivity index (χ2n) is 5.93. The van der Waals surface area contributed by atoms with E-state index in [-0.39, 0.29) is 12.0 Å². The van der Waals surface area contributed by atoms with E-state index in [1.165, 1.54) is 12.8 Å². The van der Waals surface area contributed by atoms with Crippen LogP contribution < -0.4 is 0 Å². The highest BCUT2D eigenvalue weighted by molar-refractivity contribution is 5.85. The molecule has 1 heterocycles. The molecule has 2 nitrogen and oxygen atoms in total. The Morgan fingerprint density at radius 1 is 1.13 bits per heavy atom. The number of likely N-dealkylation sites (tertiary alicyclic amines) is 1. The first-order chi connectivity index (χ1) is 6.83. The number of ketones is 1. The van der Waals surface area contributed by atoms with Crippen LogP contribution in [0.25, 0.3) is 0 Å². The van der Waals surface area contributed by atoms with Crippen LogP contribution in [0.3, 0.4) is 0 Å². The Balaban J connectivity index is 2.50. The standard InChI is InChI=1S/C13H25NO/c1-10(2)12(15)11(3)14-8-6-13(4,5)7-9-14/h10-11H,6-9H2,1-5H3. The lowest BCUT2D eigenvalue weighted by molar-refractivity contribution is -0.127. The zero-order valence-electron chi connectivity index (χ0n) is 10.8. The fraction of sp³-hybridized carbons (Fsp3) is 0.923. The maximum absolute atomic E-state index is 11.9. The van der Waals surface area contributed by atoms with Gasteiger partial charge in [-0.3, -0.25) is 9.69 Å². The number of nitrogens with zero attached hydrogens (tertiary/aromatic N) is 1. The molecule has 0 N–H and O–H groups in total. The van der Waals surface area contributed by atoms with Crippen molar-refractivity contribution >= 4 is 5.78 Å². The molecule has 0 saturated carbocycles. The maximum atomic E-state index is 11.9. The van der Waals surface area contributed by atoms with Crippen LogP contribution in [-0.4, -0.2) is 29.8 Å². The number of carbonyl (C=O) groups is 1. The number of piperidine rings is 1. The Morgan fingerprint density at radius 2 is 1.60 bits per heavy atom. The van der Waals surface area contributed by atoms with E-state index in [0.29, 0.717) is 11.2 Å². The van der Waals surface area contributed by atoms with Crippen LogP contribution in [0, 0.1) is 11.3 Å². The molecular formula is C13H25NO. The molecule has 2 heteroatoms. The Morgan fingerprint density at radius 3 is 2.00 bits per heavy atom. The van der Waals surface area contributed by atoms with Crippen molar-refractivity contribution in [3.63, 3.8) is 0 Å². The third kappa shape index (κ3) is 3.30. The summed E-state index contributed by atoms with van der Waals surface area (Å²) in [7, 11) is 0. The van der Waals surface area contributed by atoms with E-state index in [1.54, 1.807) is 0 Å². The molecule has 0 spiro atoms. The topological polar surface area (TPSA) is 20.3 Å². The van der Waals surface area contributed by atoms with Gasteiger partial charge in [0.15, 0.2) is 5.78 Å². The van der Waals surface area contributed by atoms with Crippen molar-refractivity contribution in [3.8, 4) is 0 Å². The third-order valence-electron chi connectivity index (χ3n) is 3.68. The molecule has 0 amide bonds. The first-order valence-electron chi connectivity index (χ1n) is 6.11. The van der Waals surface area contributed by atoms with Gasteiger partial charge in [0.2, 0.25) is 0 Å². The van der Waals surface area contributed by atoms with E-state index in [2.05, 4.69) is 25.7 Å². The smallest absolute Gasteiger partial charge is 0.152 e. The lowest BCUT2D eigenvalue weighted by Crippen LogP contribution is -2.46. The second-order valence-corrected chi connectivity index (χ2v) is 5.93. The minimum absolute atomic E-state index is 0.112. The molecular weight excluding hydrogens is 186 g/mol. The van der Waals surface area contributed by atoms with E-state index in [1.807, 2.05) is 13.8 Å². The van der Waals surface area contributed by atoms with Crippen LogP contribution in [0.4, 0.5) is 0 Å². The summed E-state index contributed by atoms with van der Waals surface area (Å²) in [5.74, 6) is 0.546. The molecule has 1 fully saturated rings. The minimum atomic E-state index is 0.112. The fourth-order valence-electron chi connectivity index (χ4n) is 2.18. The Bertz CT molecular complexity index is 223. The molecule has 88 valence electrons. The number of hydrogen-bond donors (Lipinski definition) is 0. The zero-order chi connectivity index (χ0) is 11.6. The molecule has 1 unspecified atom stereocenters. The maximum Gasteiger partial charge on any atom is 0.152 e. The predicted molar refractivity (Wildman–Crippen MR) is 63.9 cm³/mol. The largest absolute Gasteiger partial charge is 0.298 e. The van der Waals surface area contributed by atoms with Crippen molar-refractivity contribution in [2.24, 2.45) is 11.3 Å². The zero-order valence-corrected chi connectivity index (χ0v) is 10.8. The van der Waals surface area contributed by atoms with Gasteiger partial charge in [-0.15, -0.1) is 0 Å². The Hall–Kier alpha value is -0.370. The molecule has 1 saturated heterocycles. The van der Waals surface area contributed by atoms with Crippen LogP contribution >= 0.6 is 0 Å². The number of Topliss-reactive ketones (excluding diaryl/α,β-unsaturated/α-hetero) is 1. The summed E-state index contributed by atoms with van der Waals surface area (Å²) in [6.45, 7) is 12.8. The number of carbonyl (C=O) groups excluding carboxylic acids is 1. The summed E-state index contributed by atoms with van der Waals surface area (Å²) in [6.07, 6.45) is 2.42. The second kappa shape index (κ2) is 4.65. The highest BCUT2D eigenvalue weighted by atomic mass is 16.1. The van der Waals surface area contributed by atoms with Crippen LogP contribution in [0.2, 0.25) is 0 Å². The van der Waals surface area contributed by atoms with E-state index in [0.717, 1.165) is 13.1 Å². The molecule has 0 aromatic carbocycles. The van der Waals surface area contributed by atoms with Gasteiger partial charge in [0.05, 0.1) is 6.04 Å². The normalized spacial score (nSPS) is 24.1. The van der Waals surface area contributed by atoms with Gasteiger partial charge in [-0.25, -0.2) is 0 Å². The first kappa shape index (κ1) is 12.7. The van der Waals surface area contributed by atoms with Crippen LogP contribution in [-0.2, 0) is 4.79 Å². The molecule has 1 aliphatic rings. The Kier molecular flexibility index (Phi) is 3.93. The van der Waals surface area contributed by atoms with Gasteiger partial charge in [-0.2, -0.15) is 0 Å². The molecule has 15 heavy (non-hydrogen) atoms. The van der Waals surface area contributed by atoms with Gasteiger partial charge >= 0.3 is 0 Å². The van der Waals surface area contributed by atoms with Gasteiger partial charge in [0.25, 0.3) is 0 Å². The summed E-state index contributed by atoms with van der Waals surface area (Å²) in [4.78, 5) is 14.2. The fourth-order valence-corrected chi connectivity index (χ4v) is 2.18. The molecule has 0 bridgehead atoms.